The second-order valence-corrected chi connectivity index (χ2v) is 12.2. The Morgan fingerprint density at radius 1 is 1.03 bits per heavy atom. The highest BCUT2D eigenvalue weighted by Gasteiger charge is 2.33. The zero-order chi connectivity index (χ0) is 26.6. The SMILES string of the molecule is CCC(C(=O)NC(C)(C)C)N(Cc1ccc(Cl)cc1)C(=O)CN(c1ccc(C)c(C)c1)S(C)(=O)=O. The van der Waals surface area contributed by atoms with E-state index in [1.807, 2.05) is 47.6 Å². The standard InChI is InChI=1S/C26H36ClN3O4S/c1-8-23(25(32)28-26(4,5)6)29(16-20-10-12-21(27)13-11-20)24(31)17-30(35(7,33)34)22-14-9-18(2)19(3)15-22/h9-15,23H,8,16-17H2,1-7H3,(H,28,32). The smallest absolute Gasteiger partial charge is 0.244 e. The molecule has 1 atom stereocenters. The van der Waals surface area contributed by atoms with Crippen LogP contribution >= 0.6 is 11.6 Å². The lowest BCUT2D eigenvalue weighted by molar-refractivity contribution is -0.141. The Hall–Kier alpha value is -2.58. The Balaban J connectivity index is 2.47. The van der Waals surface area contributed by atoms with Crippen molar-refractivity contribution in [3.63, 3.8) is 0 Å². The minimum absolute atomic E-state index is 0.136. The maximum absolute atomic E-state index is 13.7. The molecule has 0 spiro atoms. The van der Waals surface area contributed by atoms with E-state index in [1.165, 1.54) is 4.90 Å². The molecule has 0 fully saturated rings. The van der Waals surface area contributed by atoms with Gasteiger partial charge in [0.25, 0.3) is 0 Å². The van der Waals surface area contributed by atoms with Crippen molar-refractivity contribution in [2.45, 2.75) is 66.1 Å². The fourth-order valence-electron chi connectivity index (χ4n) is 3.65. The lowest BCUT2D eigenvalue weighted by atomic mass is 10.1. The minimum atomic E-state index is -3.77. The highest BCUT2D eigenvalue weighted by atomic mass is 35.5. The van der Waals surface area contributed by atoms with Gasteiger partial charge in [-0.05, 0) is 82.0 Å². The summed E-state index contributed by atoms with van der Waals surface area (Å²) in [6, 6.07) is 11.5. The van der Waals surface area contributed by atoms with E-state index in [1.54, 1.807) is 36.4 Å². The maximum Gasteiger partial charge on any atom is 0.244 e. The third-order valence-corrected chi connectivity index (χ3v) is 7.00. The summed E-state index contributed by atoms with van der Waals surface area (Å²) in [4.78, 5) is 28.3. The molecule has 0 saturated heterocycles. The zero-order valence-electron chi connectivity index (χ0n) is 21.6. The van der Waals surface area contributed by atoms with E-state index in [9.17, 15) is 18.0 Å². The van der Waals surface area contributed by atoms with E-state index in [4.69, 9.17) is 11.6 Å². The highest BCUT2D eigenvalue weighted by Crippen LogP contribution is 2.23. The number of anilines is 1. The van der Waals surface area contributed by atoms with E-state index in [0.29, 0.717) is 17.1 Å². The molecular formula is C26H36ClN3O4S. The summed E-state index contributed by atoms with van der Waals surface area (Å²) in [6.07, 6.45) is 1.44. The number of amides is 2. The van der Waals surface area contributed by atoms with E-state index in [0.717, 1.165) is 27.3 Å². The molecule has 1 unspecified atom stereocenters. The number of nitrogens with zero attached hydrogens (tertiary/aromatic N) is 2. The molecule has 0 radical (unpaired) electrons. The summed E-state index contributed by atoms with van der Waals surface area (Å²) >= 11 is 6.02. The molecule has 2 amide bonds. The van der Waals surface area contributed by atoms with Crippen LogP contribution in [0.2, 0.25) is 5.02 Å². The lowest BCUT2D eigenvalue weighted by Gasteiger charge is -2.34. The van der Waals surface area contributed by atoms with E-state index >= 15 is 0 Å². The van der Waals surface area contributed by atoms with E-state index < -0.39 is 34.1 Å². The quantitative estimate of drug-likeness (QED) is 0.528. The van der Waals surface area contributed by atoms with Crippen molar-refractivity contribution in [3.8, 4) is 0 Å². The number of hydrogen-bond donors (Lipinski definition) is 1. The molecule has 0 bridgehead atoms. The number of halogens is 1. The summed E-state index contributed by atoms with van der Waals surface area (Å²) in [5, 5.41) is 3.50. The van der Waals surface area contributed by atoms with Crippen LogP contribution in [0.15, 0.2) is 42.5 Å². The van der Waals surface area contributed by atoms with Crippen LogP contribution in [0.25, 0.3) is 0 Å². The van der Waals surface area contributed by atoms with Crippen molar-refractivity contribution < 1.29 is 18.0 Å². The summed E-state index contributed by atoms with van der Waals surface area (Å²) < 4.78 is 26.5. The van der Waals surface area contributed by atoms with Crippen LogP contribution in [0.4, 0.5) is 5.69 Å². The predicted octanol–water partition coefficient (Wildman–Crippen LogP) is 4.44. The molecule has 0 aromatic heterocycles. The number of carbonyl (C=O) groups is 2. The van der Waals surface area contributed by atoms with Gasteiger partial charge in [0.2, 0.25) is 21.8 Å². The van der Waals surface area contributed by atoms with Crippen LogP contribution in [-0.2, 0) is 26.2 Å². The van der Waals surface area contributed by atoms with Crippen LogP contribution < -0.4 is 9.62 Å². The van der Waals surface area contributed by atoms with Crippen molar-refractivity contribution in [3.05, 3.63) is 64.2 Å². The average Bonchev–Trinajstić information content (AvgIpc) is 2.73. The van der Waals surface area contributed by atoms with Crippen molar-refractivity contribution >= 4 is 39.1 Å². The molecule has 0 aliphatic rings. The monoisotopic (exact) mass is 521 g/mol. The molecule has 35 heavy (non-hydrogen) atoms. The molecule has 0 saturated carbocycles. The molecule has 2 aromatic rings. The van der Waals surface area contributed by atoms with Crippen LogP contribution in [0.5, 0.6) is 0 Å². The second-order valence-electron chi connectivity index (χ2n) is 9.85. The average molecular weight is 522 g/mol. The Labute approximate surface area is 214 Å². The largest absolute Gasteiger partial charge is 0.350 e. The molecular weight excluding hydrogens is 486 g/mol. The highest BCUT2D eigenvalue weighted by molar-refractivity contribution is 7.92. The summed E-state index contributed by atoms with van der Waals surface area (Å²) in [5.41, 5.74) is 2.63. The summed E-state index contributed by atoms with van der Waals surface area (Å²) in [7, 11) is -3.77. The van der Waals surface area contributed by atoms with Crippen molar-refractivity contribution in [1.29, 1.82) is 0 Å². The molecule has 0 heterocycles. The van der Waals surface area contributed by atoms with Gasteiger partial charge in [-0.2, -0.15) is 0 Å². The van der Waals surface area contributed by atoms with Crippen LogP contribution in [0.3, 0.4) is 0 Å². The first-order chi connectivity index (χ1) is 16.1. The van der Waals surface area contributed by atoms with Gasteiger partial charge >= 0.3 is 0 Å². The van der Waals surface area contributed by atoms with Crippen molar-refractivity contribution in [2.75, 3.05) is 17.1 Å². The Morgan fingerprint density at radius 2 is 1.63 bits per heavy atom. The first-order valence-corrected chi connectivity index (χ1v) is 13.8. The van der Waals surface area contributed by atoms with Crippen LogP contribution in [0.1, 0.15) is 50.8 Å². The third-order valence-electron chi connectivity index (χ3n) is 5.61. The fraction of sp³-hybridized carbons (Fsp3) is 0.462. The van der Waals surface area contributed by atoms with E-state index in [2.05, 4.69) is 5.32 Å². The number of carbonyl (C=O) groups excluding carboxylic acids is 2. The maximum atomic E-state index is 13.7. The Bertz CT molecular complexity index is 1160. The van der Waals surface area contributed by atoms with Gasteiger partial charge in [0.15, 0.2) is 0 Å². The summed E-state index contributed by atoms with van der Waals surface area (Å²) in [5.74, 6) is -0.765. The van der Waals surface area contributed by atoms with Gasteiger partial charge in [0.1, 0.15) is 12.6 Å². The second kappa shape index (κ2) is 11.4. The van der Waals surface area contributed by atoms with Gasteiger partial charge in [-0.15, -0.1) is 0 Å². The minimum Gasteiger partial charge on any atom is -0.350 e. The van der Waals surface area contributed by atoms with Gasteiger partial charge in [0, 0.05) is 17.1 Å². The topological polar surface area (TPSA) is 86.8 Å². The third kappa shape index (κ3) is 8.25. The van der Waals surface area contributed by atoms with Gasteiger partial charge in [0.05, 0.1) is 11.9 Å². The first-order valence-electron chi connectivity index (χ1n) is 11.5. The Morgan fingerprint density at radius 3 is 2.11 bits per heavy atom. The van der Waals surface area contributed by atoms with Gasteiger partial charge in [-0.25, -0.2) is 8.42 Å². The molecule has 7 nitrogen and oxygen atoms in total. The van der Waals surface area contributed by atoms with Crippen molar-refractivity contribution in [2.24, 2.45) is 0 Å². The van der Waals surface area contributed by atoms with Gasteiger partial charge < -0.3 is 10.2 Å². The van der Waals surface area contributed by atoms with Crippen LogP contribution in [-0.4, -0.2) is 49.5 Å². The molecule has 9 heteroatoms. The molecule has 2 aromatic carbocycles. The molecule has 192 valence electrons. The lowest BCUT2D eigenvalue weighted by Crippen LogP contribution is -2.55. The normalized spacial score (nSPS) is 12.7. The zero-order valence-corrected chi connectivity index (χ0v) is 23.1. The fourth-order valence-corrected chi connectivity index (χ4v) is 4.62. The van der Waals surface area contributed by atoms with Gasteiger partial charge in [-0.3, -0.25) is 13.9 Å². The Kier molecular flexibility index (Phi) is 9.36. The molecule has 2 rings (SSSR count). The van der Waals surface area contributed by atoms with Crippen LogP contribution in [0, 0.1) is 13.8 Å². The van der Waals surface area contributed by atoms with E-state index in [-0.39, 0.29) is 12.5 Å². The number of aryl methyl sites for hydroxylation is 2. The number of hydrogen-bond acceptors (Lipinski definition) is 4. The number of rotatable bonds is 9. The molecule has 0 aliphatic carbocycles. The predicted molar refractivity (Wildman–Crippen MR) is 142 cm³/mol. The van der Waals surface area contributed by atoms with Crippen molar-refractivity contribution in [1.82, 2.24) is 10.2 Å². The molecule has 0 aliphatic heterocycles. The summed E-state index contributed by atoms with van der Waals surface area (Å²) in [6.45, 7) is 11.0. The van der Waals surface area contributed by atoms with Gasteiger partial charge in [-0.1, -0.05) is 36.7 Å². The number of sulfonamides is 1. The first kappa shape index (κ1) is 28.7. The molecule has 1 N–H and O–H groups in total. The number of nitrogens with one attached hydrogen (secondary N) is 1. The number of benzene rings is 2.